The van der Waals surface area contributed by atoms with Crippen molar-refractivity contribution in [1.29, 1.82) is 0 Å². The molecule has 34 heavy (non-hydrogen) atoms. The number of carbonyl (C=O) groups excluding carboxylic acids is 2. The van der Waals surface area contributed by atoms with Crippen LogP contribution in [0.2, 0.25) is 0 Å². The molecule has 2 aliphatic carbocycles. The van der Waals surface area contributed by atoms with Crippen molar-refractivity contribution in [1.82, 2.24) is 10.2 Å². The van der Waals surface area contributed by atoms with E-state index in [1.165, 1.54) is 0 Å². The SMILES string of the molecule is CC(C)C[C@@H](NC(=O)OCC1c2ccccc2-c2ccccc21)C(=O)N1CC2C(C1)C2C(=O)O. The maximum absolute atomic E-state index is 13.2. The quantitative estimate of drug-likeness (QED) is 0.654. The molecule has 2 unspecified atom stereocenters. The summed E-state index contributed by atoms with van der Waals surface area (Å²) in [5, 5.41) is 12.0. The molecule has 178 valence electrons. The summed E-state index contributed by atoms with van der Waals surface area (Å²) in [5.74, 6) is -1.03. The molecule has 0 radical (unpaired) electrons. The Morgan fingerprint density at radius 3 is 2.09 bits per heavy atom. The molecule has 2 amide bonds. The number of amides is 2. The van der Waals surface area contributed by atoms with Gasteiger partial charge in [0.25, 0.3) is 0 Å². The van der Waals surface area contributed by atoms with Gasteiger partial charge in [-0.2, -0.15) is 0 Å². The number of carbonyl (C=O) groups is 3. The molecule has 1 saturated carbocycles. The molecule has 7 nitrogen and oxygen atoms in total. The summed E-state index contributed by atoms with van der Waals surface area (Å²) >= 11 is 0. The van der Waals surface area contributed by atoms with Gasteiger partial charge in [-0.05, 0) is 46.4 Å². The van der Waals surface area contributed by atoms with Gasteiger partial charge in [-0.1, -0.05) is 62.4 Å². The third-order valence-corrected chi connectivity index (χ3v) is 7.43. The van der Waals surface area contributed by atoms with Crippen molar-refractivity contribution in [3.8, 4) is 11.1 Å². The van der Waals surface area contributed by atoms with Gasteiger partial charge in [-0.25, -0.2) is 4.79 Å². The number of fused-ring (bicyclic) bond motifs is 4. The van der Waals surface area contributed by atoms with E-state index in [1.54, 1.807) is 4.90 Å². The van der Waals surface area contributed by atoms with E-state index in [-0.39, 0.29) is 42.1 Å². The Balaban J connectivity index is 1.22. The van der Waals surface area contributed by atoms with Gasteiger partial charge in [0.15, 0.2) is 0 Å². The third-order valence-electron chi connectivity index (χ3n) is 7.43. The van der Waals surface area contributed by atoms with Crippen molar-refractivity contribution < 1.29 is 24.2 Å². The second-order valence-corrected chi connectivity index (χ2v) is 10.1. The number of hydrogen-bond donors (Lipinski definition) is 2. The third kappa shape index (κ3) is 4.04. The molecule has 5 rings (SSSR count). The largest absolute Gasteiger partial charge is 0.481 e. The zero-order chi connectivity index (χ0) is 24.0. The Bertz CT molecular complexity index is 1070. The summed E-state index contributed by atoms with van der Waals surface area (Å²) in [5.41, 5.74) is 4.59. The van der Waals surface area contributed by atoms with E-state index in [2.05, 4.69) is 29.6 Å². The lowest BCUT2D eigenvalue weighted by Crippen LogP contribution is -2.49. The van der Waals surface area contributed by atoms with E-state index in [0.29, 0.717) is 19.5 Å². The molecule has 0 aromatic heterocycles. The predicted molar refractivity (Wildman–Crippen MR) is 126 cm³/mol. The Hall–Kier alpha value is -3.35. The van der Waals surface area contributed by atoms with Crippen molar-refractivity contribution in [2.24, 2.45) is 23.7 Å². The number of aliphatic carboxylic acids is 1. The lowest BCUT2D eigenvalue weighted by atomic mass is 9.98. The number of nitrogens with one attached hydrogen (secondary N) is 1. The van der Waals surface area contributed by atoms with E-state index in [1.807, 2.05) is 38.1 Å². The highest BCUT2D eigenvalue weighted by atomic mass is 16.5. The Morgan fingerprint density at radius 1 is 1.00 bits per heavy atom. The highest BCUT2D eigenvalue weighted by molar-refractivity contribution is 5.87. The van der Waals surface area contributed by atoms with Crippen LogP contribution in [0.3, 0.4) is 0 Å². The molecule has 2 N–H and O–H groups in total. The van der Waals surface area contributed by atoms with Crippen molar-refractivity contribution in [3.05, 3.63) is 59.7 Å². The van der Waals surface area contributed by atoms with Crippen LogP contribution in [0.5, 0.6) is 0 Å². The number of alkyl carbamates (subject to hydrolysis) is 1. The molecule has 1 aliphatic heterocycles. The highest BCUT2D eigenvalue weighted by Crippen LogP contribution is 2.52. The average Bonchev–Trinajstić information content (AvgIpc) is 3.17. The molecule has 2 aromatic rings. The molecular weight excluding hydrogens is 432 g/mol. The first-order valence-corrected chi connectivity index (χ1v) is 12.0. The number of carboxylic acid groups (broad SMARTS) is 1. The number of rotatable bonds is 7. The number of benzene rings is 2. The van der Waals surface area contributed by atoms with Crippen molar-refractivity contribution in [2.75, 3.05) is 19.7 Å². The van der Waals surface area contributed by atoms with Gasteiger partial charge in [0, 0.05) is 19.0 Å². The normalized spacial score (nSPS) is 23.1. The van der Waals surface area contributed by atoms with E-state index in [9.17, 15) is 19.5 Å². The molecule has 7 heteroatoms. The lowest BCUT2D eigenvalue weighted by molar-refractivity contribution is -0.141. The molecule has 3 atom stereocenters. The summed E-state index contributed by atoms with van der Waals surface area (Å²) in [7, 11) is 0. The average molecular weight is 463 g/mol. The van der Waals surface area contributed by atoms with Crippen molar-refractivity contribution >= 4 is 18.0 Å². The van der Waals surface area contributed by atoms with Crippen LogP contribution in [0, 0.1) is 23.7 Å². The van der Waals surface area contributed by atoms with E-state index >= 15 is 0 Å². The van der Waals surface area contributed by atoms with Crippen LogP contribution in [0.4, 0.5) is 4.79 Å². The van der Waals surface area contributed by atoms with Gasteiger partial charge < -0.3 is 20.1 Å². The van der Waals surface area contributed by atoms with Crippen LogP contribution in [0.15, 0.2) is 48.5 Å². The van der Waals surface area contributed by atoms with Crippen molar-refractivity contribution in [2.45, 2.75) is 32.2 Å². The van der Waals surface area contributed by atoms with Gasteiger partial charge in [-0.15, -0.1) is 0 Å². The zero-order valence-electron chi connectivity index (χ0n) is 19.4. The fraction of sp³-hybridized carbons (Fsp3) is 0.444. The van der Waals surface area contributed by atoms with Gasteiger partial charge >= 0.3 is 12.1 Å². The molecule has 3 aliphatic rings. The van der Waals surface area contributed by atoms with Crippen LogP contribution in [0.25, 0.3) is 11.1 Å². The van der Waals surface area contributed by atoms with Gasteiger partial charge in [-0.3, -0.25) is 9.59 Å². The topological polar surface area (TPSA) is 95.9 Å². The molecule has 1 saturated heterocycles. The number of likely N-dealkylation sites (tertiary alicyclic amines) is 1. The summed E-state index contributed by atoms with van der Waals surface area (Å²) in [4.78, 5) is 38.9. The lowest BCUT2D eigenvalue weighted by Gasteiger charge is -2.27. The zero-order valence-corrected chi connectivity index (χ0v) is 19.4. The summed E-state index contributed by atoms with van der Waals surface area (Å²) in [6.45, 7) is 5.09. The standard InChI is InChI=1S/C27H30N2O5/c1-15(2)11-23(25(30)29-12-20-21(13-29)24(20)26(31)32)28-27(33)34-14-22-18-9-5-3-7-16(18)17-8-4-6-10-19(17)22/h3-10,15,20-24H,11-14H2,1-2H3,(H,28,33)(H,31,32)/t20?,21?,23-,24?/m1/s1. The fourth-order valence-electron chi connectivity index (χ4n) is 5.77. The molecule has 0 spiro atoms. The fourth-order valence-corrected chi connectivity index (χ4v) is 5.77. The molecule has 2 aromatic carbocycles. The van der Waals surface area contributed by atoms with Crippen LogP contribution in [-0.2, 0) is 14.3 Å². The van der Waals surface area contributed by atoms with Crippen LogP contribution in [-0.4, -0.2) is 53.7 Å². The highest BCUT2D eigenvalue weighted by Gasteiger charge is 2.60. The summed E-state index contributed by atoms with van der Waals surface area (Å²) < 4.78 is 5.64. The number of hydrogen-bond acceptors (Lipinski definition) is 4. The van der Waals surface area contributed by atoms with Crippen molar-refractivity contribution in [3.63, 3.8) is 0 Å². The minimum atomic E-state index is -0.780. The first kappa shape index (κ1) is 22.4. The minimum absolute atomic E-state index is 0.0376. The van der Waals surface area contributed by atoms with Crippen LogP contribution in [0.1, 0.15) is 37.3 Å². The van der Waals surface area contributed by atoms with E-state index < -0.39 is 18.1 Å². The summed E-state index contributed by atoms with van der Waals surface area (Å²) in [6.07, 6.45) is -0.106. The molecule has 2 fully saturated rings. The second kappa shape index (κ2) is 8.78. The first-order valence-electron chi connectivity index (χ1n) is 12.0. The molecule has 0 bridgehead atoms. The van der Waals surface area contributed by atoms with Gasteiger partial charge in [0.1, 0.15) is 12.6 Å². The minimum Gasteiger partial charge on any atom is -0.481 e. The van der Waals surface area contributed by atoms with E-state index in [4.69, 9.17) is 4.74 Å². The van der Waals surface area contributed by atoms with E-state index in [0.717, 1.165) is 22.3 Å². The van der Waals surface area contributed by atoms with Gasteiger partial charge in [0.2, 0.25) is 5.91 Å². The van der Waals surface area contributed by atoms with Crippen LogP contribution < -0.4 is 5.32 Å². The second-order valence-electron chi connectivity index (χ2n) is 10.1. The molecular formula is C27H30N2O5. The maximum Gasteiger partial charge on any atom is 0.407 e. The van der Waals surface area contributed by atoms with Crippen LogP contribution >= 0.6 is 0 Å². The number of carboxylic acids is 1. The summed E-state index contributed by atoms with van der Waals surface area (Å²) in [6, 6.07) is 15.6. The first-order chi connectivity index (χ1) is 16.3. The Morgan fingerprint density at radius 2 is 1.56 bits per heavy atom. The smallest absolute Gasteiger partial charge is 0.407 e. The molecule has 1 heterocycles. The Labute approximate surface area is 199 Å². The number of piperidine rings is 1. The number of ether oxygens (including phenoxy) is 1. The maximum atomic E-state index is 13.2. The predicted octanol–water partition coefficient (Wildman–Crippen LogP) is 3.73. The van der Waals surface area contributed by atoms with Gasteiger partial charge in [0.05, 0.1) is 5.92 Å². The Kier molecular flexibility index (Phi) is 5.80. The number of nitrogens with zero attached hydrogens (tertiary/aromatic N) is 1. The monoisotopic (exact) mass is 462 g/mol.